The Bertz CT molecular complexity index is 1040. The second-order valence-electron chi connectivity index (χ2n) is 6.09. The van der Waals surface area contributed by atoms with E-state index in [1.54, 1.807) is 19.1 Å². The first-order valence-electron chi connectivity index (χ1n) is 9.38. The molecule has 0 fully saturated rings. The van der Waals surface area contributed by atoms with Gasteiger partial charge in [-0.25, -0.2) is 0 Å². The van der Waals surface area contributed by atoms with Gasteiger partial charge in [0.15, 0.2) is 11.4 Å². The maximum absolute atomic E-state index is 11.7. The zero-order chi connectivity index (χ0) is 23.9. The van der Waals surface area contributed by atoms with Gasteiger partial charge in [-0.05, 0) is 19.8 Å². The van der Waals surface area contributed by atoms with Crippen LogP contribution in [0.3, 0.4) is 0 Å². The van der Waals surface area contributed by atoms with Crippen LogP contribution < -0.4 is 0 Å². The molecule has 0 aliphatic carbocycles. The molecular formula is C19H26N4O6S2. The normalized spacial score (nSPS) is 13.5. The molecule has 0 aliphatic heterocycles. The second-order valence-corrected chi connectivity index (χ2v) is 9.43. The highest BCUT2D eigenvalue weighted by molar-refractivity contribution is 7.86. The van der Waals surface area contributed by atoms with Crippen LogP contribution in [0.4, 0.5) is 0 Å². The summed E-state index contributed by atoms with van der Waals surface area (Å²) in [4.78, 5) is 0. The minimum atomic E-state index is -3.91. The standard InChI is InChI=1S/C19H26N4O6S2/c1-5-8-12-30(24,25)28-22-18(14-20)16(4)10-11-17(7-3)19(15-21)23-29-31(26,27)13-9-6-2/h7,10-11H,4-6,8-9,12-13H2,1-3H3/b11-10+,17-7+,22-18-,23-19-. The SMILES string of the molecule is C=C(/C=C/C(=C\C)C(/C#N)=N\OS(=O)(=O)CCCC)/C(C#N)=N\OS(=O)(=O)CCCC. The quantitative estimate of drug-likeness (QED) is 0.213. The predicted molar refractivity (Wildman–Crippen MR) is 118 cm³/mol. The largest absolute Gasteiger partial charge is 0.328 e. The Balaban J connectivity index is 5.43. The van der Waals surface area contributed by atoms with E-state index in [1.165, 1.54) is 18.2 Å². The van der Waals surface area contributed by atoms with Gasteiger partial charge in [0, 0.05) is 11.1 Å². The number of nitrogens with zero attached hydrogens (tertiary/aromatic N) is 4. The number of oxime groups is 2. The summed E-state index contributed by atoms with van der Waals surface area (Å²) in [7, 11) is -7.83. The van der Waals surface area contributed by atoms with E-state index in [-0.39, 0.29) is 34.1 Å². The Labute approximate surface area is 184 Å². The van der Waals surface area contributed by atoms with Gasteiger partial charge in [-0.3, -0.25) is 8.57 Å². The molecule has 31 heavy (non-hydrogen) atoms. The van der Waals surface area contributed by atoms with Gasteiger partial charge in [-0.2, -0.15) is 27.4 Å². The molecule has 0 radical (unpaired) electrons. The number of unbranched alkanes of at least 4 members (excludes halogenated alkanes) is 2. The predicted octanol–water partition coefficient (Wildman–Crippen LogP) is 3.10. The van der Waals surface area contributed by atoms with Crippen LogP contribution in [0.5, 0.6) is 0 Å². The first-order chi connectivity index (χ1) is 14.6. The lowest BCUT2D eigenvalue weighted by Crippen LogP contribution is -2.10. The lowest BCUT2D eigenvalue weighted by atomic mass is 10.1. The van der Waals surface area contributed by atoms with Crippen LogP contribution in [0.25, 0.3) is 0 Å². The number of nitriles is 2. The Morgan fingerprint density at radius 1 is 0.903 bits per heavy atom. The number of allylic oxidation sites excluding steroid dienone is 5. The molecule has 0 saturated carbocycles. The summed E-state index contributed by atoms with van der Waals surface area (Å²) in [6, 6.07) is 3.40. The van der Waals surface area contributed by atoms with Gasteiger partial charge in [-0.15, -0.1) is 0 Å². The minimum absolute atomic E-state index is 0.00122. The average molecular weight is 471 g/mol. The van der Waals surface area contributed by atoms with Crippen LogP contribution in [0.2, 0.25) is 0 Å². The van der Waals surface area contributed by atoms with Crippen LogP contribution in [0.1, 0.15) is 46.5 Å². The molecule has 0 aliphatic rings. The van der Waals surface area contributed by atoms with Crippen molar-refractivity contribution in [2.45, 2.75) is 46.5 Å². The summed E-state index contributed by atoms with van der Waals surface area (Å²) in [6.07, 6.45) is 6.13. The van der Waals surface area contributed by atoms with Crippen LogP contribution in [0, 0.1) is 22.7 Å². The summed E-state index contributed by atoms with van der Waals surface area (Å²) >= 11 is 0. The molecule has 0 atom stereocenters. The van der Waals surface area contributed by atoms with E-state index in [4.69, 9.17) is 5.26 Å². The molecule has 0 saturated heterocycles. The number of hydrogen-bond donors (Lipinski definition) is 0. The molecule has 170 valence electrons. The minimum Gasteiger partial charge on any atom is -0.267 e. The van der Waals surface area contributed by atoms with Crippen molar-refractivity contribution in [3.05, 3.63) is 36.0 Å². The molecule has 0 aromatic heterocycles. The van der Waals surface area contributed by atoms with E-state index < -0.39 is 20.2 Å². The van der Waals surface area contributed by atoms with E-state index in [2.05, 4.69) is 25.5 Å². The molecule has 0 rings (SSSR count). The lowest BCUT2D eigenvalue weighted by molar-refractivity contribution is 0.338. The van der Waals surface area contributed by atoms with Crippen molar-refractivity contribution in [2.75, 3.05) is 11.5 Å². The molecule has 0 spiro atoms. The number of rotatable bonds is 14. The zero-order valence-electron chi connectivity index (χ0n) is 17.7. The van der Waals surface area contributed by atoms with Gasteiger partial charge in [0.2, 0.25) is 0 Å². The summed E-state index contributed by atoms with van der Waals surface area (Å²) in [5, 5.41) is 25.1. The van der Waals surface area contributed by atoms with Gasteiger partial charge >= 0.3 is 20.2 Å². The van der Waals surface area contributed by atoms with Crippen molar-refractivity contribution in [1.82, 2.24) is 0 Å². The van der Waals surface area contributed by atoms with Crippen molar-refractivity contribution in [2.24, 2.45) is 10.3 Å². The smallest absolute Gasteiger partial charge is 0.267 e. The molecule has 0 unspecified atom stereocenters. The number of hydrogen-bond acceptors (Lipinski definition) is 10. The van der Waals surface area contributed by atoms with Gasteiger partial charge in [0.25, 0.3) is 0 Å². The summed E-state index contributed by atoms with van der Waals surface area (Å²) in [5.74, 6) is -0.466. The molecule has 0 heterocycles. The van der Waals surface area contributed by atoms with E-state index in [9.17, 15) is 22.1 Å². The van der Waals surface area contributed by atoms with Crippen LogP contribution in [-0.4, -0.2) is 39.8 Å². The highest BCUT2D eigenvalue weighted by Gasteiger charge is 2.14. The Kier molecular flexibility index (Phi) is 12.8. The highest BCUT2D eigenvalue weighted by atomic mass is 32.2. The van der Waals surface area contributed by atoms with Gasteiger partial charge in [-0.1, -0.05) is 61.8 Å². The van der Waals surface area contributed by atoms with E-state index in [1.807, 2.05) is 13.8 Å². The third-order valence-corrected chi connectivity index (χ3v) is 5.73. The van der Waals surface area contributed by atoms with Gasteiger partial charge < -0.3 is 0 Å². The summed E-state index contributed by atoms with van der Waals surface area (Å²) in [6.45, 7) is 8.81. The van der Waals surface area contributed by atoms with Crippen molar-refractivity contribution >= 4 is 31.7 Å². The first-order valence-corrected chi connectivity index (χ1v) is 12.5. The Hall–Kier alpha value is -2.96. The van der Waals surface area contributed by atoms with Crippen LogP contribution in [0.15, 0.2) is 46.3 Å². The van der Waals surface area contributed by atoms with E-state index >= 15 is 0 Å². The lowest BCUT2D eigenvalue weighted by Gasteiger charge is -2.03. The fraction of sp³-hybridized carbons (Fsp3) is 0.474. The molecule has 10 nitrogen and oxygen atoms in total. The monoisotopic (exact) mass is 470 g/mol. The summed E-state index contributed by atoms with van der Waals surface area (Å²) < 4.78 is 55.8. The molecule has 0 bridgehead atoms. The average Bonchev–Trinajstić information content (AvgIpc) is 2.73. The fourth-order valence-electron chi connectivity index (χ4n) is 1.77. The third-order valence-electron chi connectivity index (χ3n) is 3.54. The van der Waals surface area contributed by atoms with Crippen LogP contribution >= 0.6 is 0 Å². The second kappa shape index (κ2) is 14.1. The Morgan fingerprint density at radius 3 is 1.74 bits per heavy atom. The van der Waals surface area contributed by atoms with Crippen molar-refractivity contribution in [3.63, 3.8) is 0 Å². The molecule has 0 aromatic rings. The Morgan fingerprint density at radius 2 is 1.35 bits per heavy atom. The maximum atomic E-state index is 11.7. The van der Waals surface area contributed by atoms with Crippen molar-refractivity contribution in [3.8, 4) is 12.1 Å². The fourth-order valence-corrected chi connectivity index (χ4v) is 3.58. The third kappa shape index (κ3) is 11.7. The molecule has 0 amide bonds. The van der Waals surface area contributed by atoms with Crippen molar-refractivity contribution < 1.29 is 25.4 Å². The van der Waals surface area contributed by atoms with Crippen molar-refractivity contribution in [1.29, 1.82) is 10.5 Å². The molecule has 12 heteroatoms. The molecule has 0 aromatic carbocycles. The van der Waals surface area contributed by atoms with E-state index in [0.717, 1.165) is 0 Å². The molecular weight excluding hydrogens is 444 g/mol. The first kappa shape index (κ1) is 28.0. The molecule has 0 N–H and O–H groups in total. The topological polar surface area (TPSA) is 159 Å². The maximum Gasteiger partial charge on any atom is 0.328 e. The van der Waals surface area contributed by atoms with Crippen LogP contribution in [-0.2, 0) is 28.8 Å². The van der Waals surface area contributed by atoms with E-state index in [0.29, 0.717) is 25.7 Å². The summed E-state index contributed by atoms with van der Waals surface area (Å²) in [5.41, 5.74) is -0.523. The zero-order valence-corrected chi connectivity index (χ0v) is 19.4. The highest BCUT2D eigenvalue weighted by Crippen LogP contribution is 2.09. The van der Waals surface area contributed by atoms with Gasteiger partial charge in [0.1, 0.15) is 12.1 Å². The van der Waals surface area contributed by atoms with Gasteiger partial charge in [0.05, 0.1) is 11.5 Å².